The van der Waals surface area contributed by atoms with Crippen LogP contribution in [-0.4, -0.2) is 16.0 Å². The quantitative estimate of drug-likeness (QED) is 0.739. The first-order valence-electron chi connectivity index (χ1n) is 6.52. The minimum atomic E-state index is 0.0543. The van der Waals surface area contributed by atoms with Gasteiger partial charge in [-0.2, -0.15) is 5.10 Å². The molecule has 0 spiro atoms. The molecule has 0 atom stereocenters. The van der Waals surface area contributed by atoms with Crippen molar-refractivity contribution in [2.75, 3.05) is 5.32 Å². The molecule has 2 N–H and O–H groups in total. The summed E-state index contributed by atoms with van der Waals surface area (Å²) in [6.07, 6.45) is 3.33. The summed E-state index contributed by atoms with van der Waals surface area (Å²) in [5, 5.41) is 10.7. The van der Waals surface area contributed by atoms with Crippen LogP contribution in [0.1, 0.15) is 44.4 Å². The van der Waals surface area contributed by atoms with Gasteiger partial charge in [0, 0.05) is 28.9 Å². The van der Waals surface area contributed by atoms with Gasteiger partial charge < -0.3 is 5.32 Å². The molecule has 4 heteroatoms. The first-order valence-corrected chi connectivity index (χ1v) is 6.52. The number of rotatable bonds is 0. The lowest BCUT2D eigenvalue weighted by atomic mass is 9.75. The molecule has 1 aromatic heterocycles. The van der Waals surface area contributed by atoms with Gasteiger partial charge in [0.25, 0.3) is 0 Å². The van der Waals surface area contributed by atoms with E-state index in [1.807, 2.05) is 6.92 Å². The molecule has 18 heavy (non-hydrogen) atoms. The Morgan fingerprint density at radius 2 is 2.00 bits per heavy atom. The van der Waals surface area contributed by atoms with Crippen LogP contribution in [0.2, 0.25) is 0 Å². The topological polar surface area (TPSA) is 57.8 Å². The molecule has 2 heterocycles. The van der Waals surface area contributed by atoms with Crippen molar-refractivity contribution in [3.8, 4) is 0 Å². The fourth-order valence-electron chi connectivity index (χ4n) is 3.02. The maximum atomic E-state index is 12.2. The van der Waals surface area contributed by atoms with Crippen molar-refractivity contribution in [3.05, 3.63) is 22.5 Å². The van der Waals surface area contributed by atoms with E-state index in [2.05, 4.69) is 29.4 Å². The van der Waals surface area contributed by atoms with Gasteiger partial charge in [-0.3, -0.25) is 9.89 Å². The number of hydrogen-bond donors (Lipinski definition) is 2. The van der Waals surface area contributed by atoms with Crippen molar-refractivity contribution in [1.29, 1.82) is 0 Å². The molecular formula is C14H19N3O. The lowest BCUT2D eigenvalue weighted by Gasteiger charge is -2.31. The van der Waals surface area contributed by atoms with Crippen LogP contribution in [0.15, 0.2) is 11.3 Å². The molecule has 0 aromatic carbocycles. The van der Waals surface area contributed by atoms with E-state index in [4.69, 9.17) is 0 Å². The van der Waals surface area contributed by atoms with Crippen molar-refractivity contribution in [3.63, 3.8) is 0 Å². The average Bonchev–Trinajstić information content (AvgIpc) is 2.50. The fourth-order valence-corrected chi connectivity index (χ4v) is 3.02. The second-order valence-electron chi connectivity index (χ2n) is 6.20. The third kappa shape index (κ3) is 1.76. The molecule has 0 saturated heterocycles. The maximum Gasteiger partial charge on any atom is 0.161 e. The number of fused-ring (bicyclic) bond motifs is 1. The molecule has 4 nitrogen and oxygen atoms in total. The van der Waals surface area contributed by atoms with Crippen molar-refractivity contribution >= 4 is 11.6 Å². The number of hydrogen-bond acceptors (Lipinski definition) is 3. The molecule has 1 aromatic rings. The summed E-state index contributed by atoms with van der Waals surface area (Å²) in [5.41, 5.74) is 4.45. The van der Waals surface area contributed by atoms with Crippen molar-refractivity contribution in [1.82, 2.24) is 10.2 Å². The Kier molecular flexibility index (Phi) is 2.37. The molecule has 96 valence electrons. The number of Topliss-reactive ketones (excluding diaryl/α,β-unsaturated/α-hetero) is 1. The number of carbonyl (C=O) groups excluding carboxylic acids is 1. The van der Waals surface area contributed by atoms with Gasteiger partial charge in [0.15, 0.2) is 11.6 Å². The Labute approximate surface area is 107 Å². The van der Waals surface area contributed by atoms with Gasteiger partial charge in [-0.05, 0) is 31.6 Å². The van der Waals surface area contributed by atoms with Gasteiger partial charge >= 0.3 is 0 Å². The summed E-state index contributed by atoms with van der Waals surface area (Å²) in [6.45, 7) is 6.33. The SMILES string of the molecule is Cc1[nH]nc2c1CCC1=C(CC(C)(C)CC1=O)N2. The van der Waals surface area contributed by atoms with Crippen LogP contribution in [-0.2, 0) is 11.2 Å². The highest BCUT2D eigenvalue weighted by atomic mass is 16.1. The molecule has 0 saturated carbocycles. The number of nitrogens with one attached hydrogen (secondary N) is 2. The first-order chi connectivity index (χ1) is 8.46. The van der Waals surface area contributed by atoms with Gasteiger partial charge in [-0.1, -0.05) is 13.8 Å². The van der Waals surface area contributed by atoms with E-state index in [0.29, 0.717) is 12.2 Å². The van der Waals surface area contributed by atoms with Crippen molar-refractivity contribution < 1.29 is 4.79 Å². The third-order valence-corrected chi connectivity index (χ3v) is 3.96. The monoisotopic (exact) mass is 245 g/mol. The lowest BCUT2D eigenvalue weighted by molar-refractivity contribution is -0.118. The predicted octanol–water partition coefficient (Wildman–Crippen LogP) is 2.72. The van der Waals surface area contributed by atoms with Crippen molar-refractivity contribution in [2.45, 2.75) is 46.5 Å². The fraction of sp³-hybridized carbons (Fsp3) is 0.571. The first kappa shape index (κ1) is 11.5. The lowest BCUT2D eigenvalue weighted by Crippen LogP contribution is -2.28. The Bertz CT molecular complexity index is 551. The molecule has 0 unspecified atom stereocenters. The van der Waals surface area contributed by atoms with E-state index in [1.54, 1.807) is 0 Å². The van der Waals surface area contributed by atoms with Crippen LogP contribution in [0.25, 0.3) is 0 Å². The van der Waals surface area contributed by atoms with E-state index in [0.717, 1.165) is 42.0 Å². The van der Waals surface area contributed by atoms with E-state index < -0.39 is 0 Å². The number of aromatic nitrogens is 2. The Morgan fingerprint density at radius 1 is 1.22 bits per heavy atom. The molecule has 1 aliphatic carbocycles. The summed E-state index contributed by atoms with van der Waals surface area (Å²) in [6, 6.07) is 0. The number of ketones is 1. The van der Waals surface area contributed by atoms with E-state index in [9.17, 15) is 4.79 Å². The highest BCUT2D eigenvalue weighted by Crippen LogP contribution is 2.40. The third-order valence-electron chi connectivity index (χ3n) is 3.96. The minimum absolute atomic E-state index is 0.0543. The Balaban J connectivity index is 2.01. The van der Waals surface area contributed by atoms with E-state index in [1.165, 1.54) is 5.56 Å². The summed E-state index contributed by atoms with van der Waals surface area (Å²) in [4.78, 5) is 12.2. The second kappa shape index (κ2) is 3.70. The normalized spacial score (nSPS) is 22.1. The average molecular weight is 245 g/mol. The number of carbonyl (C=O) groups is 1. The number of nitrogens with zero attached hydrogens (tertiary/aromatic N) is 1. The van der Waals surface area contributed by atoms with Crippen LogP contribution >= 0.6 is 0 Å². The highest BCUT2D eigenvalue weighted by molar-refractivity contribution is 5.98. The molecule has 2 aliphatic rings. The van der Waals surface area contributed by atoms with Gasteiger partial charge in [-0.25, -0.2) is 0 Å². The van der Waals surface area contributed by atoms with Crippen molar-refractivity contribution in [2.24, 2.45) is 5.41 Å². The van der Waals surface area contributed by atoms with Gasteiger partial charge in [-0.15, -0.1) is 0 Å². The van der Waals surface area contributed by atoms with Crippen LogP contribution < -0.4 is 5.32 Å². The van der Waals surface area contributed by atoms with Gasteiger partial charge in [0.2, 0.25) is 0 Å². The Morgan fingerprint density at radius 3 is 2.78 bits per heavy atom. The summed E-state index contributed by atoms with van der Waals surface area (Å²) in [7, 11) is 0. The minimum Gasteiger partial charge on any atom is -0.342 e. The number of aromatic amines is 1. The number of aryl methyl sites for hydroxylation is 1. The van der Waals surface area contributed by atoms with Gasteiger partial charge in [0.1, 0.15) is 0 Å². The molecule has 0 fully saturated rings. The van der Waals surface area contributed by atoms with Crippen LogP contribution in [0, 0.1) is 12.3 Å². The zero-order chi connectivity index (χ0) is 12.9. The summed E-state index contributed by atoms with van der Waals surface area (Å²) >= 11 is 0. The smallest absolute Gasteiger partial charge is 0.161 e. The molecule has 0 radical (unpaired) electrons. The van der Waals surface area contributed by atoms with Gasteiger partial charge in [0.05, 0.1) is 0 Å². The molecule has 0 bridgehead atoms. The Hall–Kier alpha value is -1.58. The molecule has 0 amide bonds. The maximum absolute atomic E-state index is 12.2. The van der Waals surface area contributed by atoms with E-state index >= 15 is 0 Å². The number of allylic oxidation sites excluding steroid dienone is 2. The zero-order valence-electron chi connectivity index (χ0n) is 11.2. The number of anilines is 1. The van der Waals surface area contributed by atoms with E-state index in [-0.39, 0.29) is 5.41 Å². The largest absolute Gasteiger partial charge is 0.342 e. The van der Waals surface area contributed by atoms with Crippen LogP contribution in [0.4, 0.5) is 5.82 Å². The predicted molar refractivity (Wildman–Crippen MR) is 70.3 cm³/mol. The second-order valence-corrected chi connectivity index (χ2v) is 6.20. The molecule has 1 aliphatic heterocycles. The molecule has 3 rings (SSSR count). The number of H-pyrrole nitrogens is 1. The van der Waals surface area contributed by atoms with Crippen LogP contribution in [0.3, 0.4) is 0 Å². The zero-order valence-corrected chi connectivity index (χ0v) is 11.2. The summed E-state index contributed by atoms with van der Waals surface area (Å²) in [5.74, 6) is 1.21. The highest BCUT2D eigenvalue weighted by Gasteiger charge is 2.34. The summed E-state index contributed by atoms with van der Waals surface area (Å²) < 4.78 is 0. The standard InChI is InChI=1S/C14H19N3O/c1-8-9-4-5-10-11(15-13(9)17-16-8)6-14(2,3)7-12(10)18/h4-7H2,1-3H3,(H2,15,16,17). The molecular weight excluding hydrogens is 226 g/mol. The van der Waals surface area contributed by atoms with Crippen LogP contribution in [0.5, 0.6) is 0 Å².